The Morgan fingerprint density at radius 3 is 2.95 bits per heavy atom. The van der Waals surface area contributed by atoms with Gasteiger partial charge < -0.3 is 5.32 Å². The van der Waals surface area contributed by atoms with E-state index in [9.17, 15) is 0 Å². The quantitative estimate of drug-likeness (QED) is 0.819. The van der Waals surface area contributed by atoms with Crippen molar-refractivity contribution >= 4 is 11.3 Å². The molecule has 0 atom stereocenters. The second-order valence-electron chi connectivity index (χ2n) is 5.50. The van der Waals surface area contributed by atoms with Gasteiger partial charge in [-0.15, -0.1) is 11.3 Å². The molecule has 2 heterocycles. The van der Waals surface area contributed by atoms with Crippen molar-refractivity contribution in [1.29, 1.82) is 0 Å². The van der Waals surface area contributed by atoms with E-state index in [1.807, 2.05) is 12.3 Å². The minimum absolute atomic E-state index is 0.697. The van der Waals surface area contributed by atoms with Crippen molar-refractivity contribution in [3.05, 3.63) is 34.5 Å². The average molecular weight is 287 g/mol. The molecule has 1 aliphatic carbocycles. The van der Waals surface area contributed by atoms with Gasteiger partial charge in [0.1, 0.15) is 5.01 Å². The van der Waals surface area contributed by atoms with Crippen LogP contribution in [0.1, 0.15) is 48.2 Å². The molecular weight excluding hydrogens is 266 g/mol. The van der Waals surface area contributed by atoms with Gasteiger partial charge in [0.2, 0.25) is 0 Å². The standard InChI is InChI=1S/C16H21N3S/c1-3-7-17-10-14-15(12-4-5-12)19-16(20-14)13-9-11(2)6-8-18-13/h6,8-9,12,17H,3-5,7,10H2,1-2H3. The summed E-state index contributed by atoms with van der Waals surface area (Å²) in [6, 6.07) is 4.15. The van der Waals surface area contributed by atoms with Crippen LogP contribution < -0.4 is 5.32 Å². The number of thiazole rings is 1. The molecule has 0 bridgehead atoms. The number of pyridine rings is 1. The molecule has 1 saturated carbocycles. The minimum atomic E-state index is 0.697. The van der Waals surface area contributed by atoms with Crippen LogP contribution in [0.3, 0.4) is 0 Å². The Hall–Kier alpha value is -1.26. The van der Waals surface area contributed by atoms with Gasteiger partial charge in [0.05, 0.1) is 11.4 Å². The van der Waals surface area contributed by atoms with Crippen LogP contribution in [0.4, 0.5) is 0 Å². The molecule has 0 spiro atoms. The van der Waals surface area contributed by atoms with E-state index in [1.165, 1.54) is 35.4 Å². The predicted molar refractivity (Wildman–Crippen MR) is 84.1 cm³/mol. The van der Waals surface area contributed by atoms with Crippen molar-refractivity contribution in [2.75, 3.05) is 6.54 Å². The topological polar surface area (TPSA) is 37.8 Å². The van der Waals surface area contributed by atoms with Gasteiger partial charge in [0.15, 0.2) is 0 Å². The van der Waals surface area contributed by atoms with E-state index in [0.29, 0.717) is 5.92 Å². The molecule has 0 aromatic carbocycles. The second kappa shape index (κ2) is 6.02. The Kier molecular flexibility index (Phi) is 4.13. The van der Waals surface area contributed by atoms with E-state index in [2.05, 4.69) is 30.2 Å². The summed E-state index contributed by atoms with van der Waals surface area (Å²) in [5.41, 5.74) is 3.57. The Bertz CT molecular complexity index is 587. The molecule has 2 aromatic heterocycles. The van der Waals surface area contributed by atoms with Gasteiger partial charge in [-0.25, -0.2) is 4.98 Å². The maximum Gasteiger partial charge on any atom is 0.142 e. The molecule has 0 radical (unpaired) electrons. The van der Waals surface area contributed by atoms with Gasteiger partial charge in [0, 0.05) is 23.5 Å². The molecule has 106 valence electrons. The van der Waals surface area contributed by atoms with E-state index in [1.54, 1.807) is 11.3 Å². The SMILES string of the molecule is CCCNCc1sc(-c2cc(C)ccn2)nc1C1CC1. The number of nitrogens with one attached hydrogen (secondary N) is 1. The highest BCUT2D eigenvalue weighted by Gasteiger charge is 2.29. The van der Waals surface area contributed by atoms with Gasteiger partial charge >= 0.3 is 0 Å². The summed E-state index contributed by atoms with van der Waals surface area (Å²) >= 11 is 1.80. The maximum absolute atomic E-state index is 4.88. The molecule has 3 nitrogen and oxygen atoms in total. The highest BCUT2D eigenvalue weighted by Crippen LogP contribution is 2.44. The Balaban J connectivity index is 1.86. The predicted octanol–water partition coefficient (Wildman–Crippen LogP) is 3.89. The molecule has 0 amide bonds. The number of aromatic nitrogens is 2. The van der Waals surface area contributed by atoms with E-state index in [-0.39, 0.29) is 0 Å². The summed E-state index contributed by atoms with van der Waals surface area (Å²) in [6.45, 7) is 6.32. The highest BCUT2D eigenvalue weighted by molar-refractivity contribution is 7.15. The van der Waals surface area contributed by atoms with Crippen LogP contribution in [0, 0.1) is 6.92 Å². The van der Waals surface area contributed by atoms with Gasteiger partial charge in [-0.3, -0.25) is 4.98 Å². The lowest BCUT2D eigenvalue weighted by molar-refractivity contribution is 0.676. The lowest BCUT2D eigenvalue weighted by Gasteiger charge is -2.01. The fraction of sp³-hybridized carbons (Fsp3) is 0.500. The first-order chi connectivity index (χ1) is 9.78. The summed E-state index contributed by atoms with van der Waals surface area (Å²) < 4.78 is 0. The Morgan fingerprint density at radius 2 is 2.25 bits per heavy atom. The summed E-state index contributed by atoms with van der Waals surface area (Å²) in [6.07, 6.45) is 5.64. The largest absolute Gasteiger partial charge is 0.312 e. The Labute approximate surface area is 124 Å². The number of hydrogen-bond acceptors (Lipinski definition) is 4. The Morgan fingerprint density at radius 1 is 1.40 bits per heavy atom. The van der Waals surface area contributed by atoms with E-state index in [0.717, 1.165) is 23.8 Å². The minimum Gasteiger partial charge on any atom is -0.312 e. The van der Waals surface area contributed by atoms with Crippen LogP contribution in [-0.2, 0) is 6.54 Å². The summed E-state index contributed by atoms with van der Waals surface area (Å²) in [7, 11) is 0. The van der Waals surface area contributed by atoms with Crippen LogP contribution in [0.2, 0.25) is 0 Å². The molecule has 3 rings (SSSR count). The van der Waals surface area contributed by atoms with Crippen LogP contribution in [0.25, 0.3) is 10.7 Å². The maximum atomic E-state index is 4.88. The molecule has 1 fully saturated rings. The van der Waals surface area contributed by atoms with Crippen molar-refractivity contribution in [3.8, 4) is 10.7 Å². The molecular formula is C16H21N3S. The molecule has 0 aliphatic heterocycles. The van der Waals surface area contributed by atoms with E-state index >= 15 is 0 Å². The second-order valence-corrected chi connectivity index (χ2v) is 6.58. The van der Waals surface area contributed by atoms with Gasteiger partial charge in [-0.1, -0.05) is 6.92 Å². The first-order valence-corrected chi connectivity index (χ1v) is 8.23. The smallest absolute Gasteiger partial charge is 0.142 e. The molecule has 0 unspecified atom stereocenters. The van der Waals surface area contributed by atoms with Crippen LogP contribution >= 0.6 is 11.3 Å². The first kappa shape index (κ1) is 13.7. The van der Waals surface area contributed by atoms with Crippen molar-refractivity contribution in [3.63, 3.8) is 0 Å². The first-order valence-electron chi connectivity index (χ1n) is 7.41. The molecule has 0 saturated heterocycles. The zero-order chi connectivity index (χ0) is 13.9. The number of aryl methyl sites for hydroxylation is 1. The fourth-order valence-corrected chi connectivity index (χ4v) is 3.39. The van der Waals surface area contributed by atoms with Crippen molar-refractivity contribution < 1.29 is 0 Å². The molecule has 1 aliphatic rings. The lowest BCUT2D eigenvalue weighted by atomic mass is 10.2. The third-order valence-corrected chi connectivity index (χ3v) is 4.63. The number of nitrogens with zero attached hydrogens (tertiary/aromatic N) is 2. The number of rotatable bonds is 6. The van der Waals surface area contributed by atoms with Crippen LogP contribution in [-0.4, -0.2) is 16.5 Å². The summed E-state index contributed by atoms with van der Waals surface area (Å²) in [5.74, 6) is 0.697. The van der Waals surface area contributed by atoms with Gasteiger partial charge in [-0.2, -0.15) is 0 Å². The zero-order valence-corrected chi connectivity index (χ0v) is 13.0. The normalized spacial score (nSPS) is 14.7. The van der Waals surface area contributed by atoms with E-state index < -0.39 is 0 Å². The van der Waals surface area contributed by atoms with Crippen molar-refractivity contribution in [2.24, 2.45) is 0 Å². The molecule has 4 heteroatoms. The summed E-state index contributed by atoms with van der Waals surface area (Å²) in [5, 5.41) is 4.57. The zero-order valence-electron chi connectivity index (χ0n) is 12.1. The number of hydrogen-bond donors (Lipinski definition) is 1. The van der Waals surface area contributed by atoms with Crippen LogP contribution in [0.5, 0.6) is 0 Å². The van der Waals surface area contributed by atoms with E-state index in [4.69, 9.17) is 4.98 Å². The highest BCUT2D eigenvalue weighted by atomic mass is 32.1. The van der Waals surface area contributed by atoms with Crippen molar-refractivity contribution in [1.82, 2.24) is 15.3 Å². The van der Waals surface area contributed by atoms with Gasteiger partial charge in [0.25, 0.3) is 0 Å². The molecule has 1 N–H and O–H groups in total. The average Bonchev–Trinajstić information content (AvgIpc) is 3.20. The van der Waals surface area contributed by atoms with Crippen LogP contribution in [0.15, 0.2) is 18.3 Å². The fourth-order valence-electron chi connectivity index (χ4n) is 2.31. The monoisotopic (exact) mass is 287 g/mol. The molecule has 20 heavy (non-hydrogen) atoms. The third-order valence-electron chi connectivity index (χ3n) is 3.54. The van der Waals surface area contributed by atoms with Gasteiger partial charge in [-0.05, 0) is 50.4 Å². The van der Waals surface area contributed by atoms with Crippen molar-refractivity contribution in [2.45, 2.75) is 45.6 Å². The summed E-state index contributed by atoms with van der Waals surface area (Å²) in [4.78, 5) is 10.7. The molecule has 2 aromatic rings. The third kappa shape index (κ3) is 3.07. The lowest BCUT2D eigenvalue weighted by Crippen LogP contribution is -2.13.